The molecule has 2 aromatic rings. The molecule has 0 bridgehead atoms. The minimum absolute atomic E-state index is 0.108. The second kappa shape index (κ2) is 10.7. The van der Waals surface area contributed by atoms with Gasteiger partial charge in [0.15, 0.2) is 0 Å². The van der Waals surface area contributed by atoms with Crippen LogP contribution in [0.5, 0.6) is 0 Å². The van der Waals surface area contributed by atoms with Crippen molar-refractivity contribution in [3.05, 3.63) is 69.3 Å². The smallest absolute Gasteiger partial charge is 0.273 e. The van der Waals surface area contributed by atoms with Crippen LogP contribution in [-0.2, 0) is 4.79 Å². The van der Waals surface area contributed by atoms with Gasteiger partial charge in [0.1, 0.15) is 0 Å². The van der Waals surface area contributed by atoms with Crippen molar-refractivity contribution in [1.29, 1.82) is 0 Å². The van der Waals surface area contributed by atoms with Gasteiger partial charge in [-0.2, -0.15) is 5.10 Å². The average molecular weight is 411 g/mol. The fourth-order valence-electron chi connectivity index (χ4n) is 2.79. The lowest BCUT2D eigenvalue weighted by atomic mass is 10.1. The molecular weight excluding hydrogens is 386 g/mol. The van der Waals surface area contributed by atoms with E-state index in [1.54, 1.807) is 6.92 Å². The Morgan fingerprint density at radius 3 is 2.40 bits per heavy atom. The summed E-state index contributed by atoms with van der Waals surface area (Å²) in [5.41, 5.74) is 4.68. The minimum atomic E-state index is -0.579. The van der Waals surface area contributed by atoms with Crippen LogP contribution in [-0.4, -0.2) is 42.6 Å². The van der Waals surface area contributed by atoms with E-state index in [0.717, 1.165) is 24.3 Å². The van der Waals surface area contributed by atoms with Crippen LogP contribution in [0.1, 0.15) is 35.3 Å². The molecule has 2 aromatic carbocycles. The van der Waals surface area contributed by atoms with E-state index >= 15 is 0 Å². The van der Waals surface area contributed by atoms with E-state index in [1.165, 1.54) is 24.4 Å². The lowest BCUT2D eigenvalue weighted by molar-refractivity contribution is -0.385. The molecule has 0 aromatic heterocycles. The molecule has 158 valence electrons. The highest BCUT2D eigenvalue weighted by Gasteiger charge is 2.15. The summed E-state index contributed by atoms with van der Waals surface area (Å²) in [5.74, 6) is -1.09. The number of rotatable bonds is 9. The molecule has 0 fully saturated rings. The van der Waals surface area contributed by atoms with Crippen LogP contribution < -0.4 is 15.6 Å². The third kappa shape index (κ3) is 6.13. The number of hydrogen-bond donors (Lipinski definition) is 2. The van der Waals surface area contributed by atoms with Crippen molar-refractivity contribution in [2.45, 2.75) is 20.8 Å². The average Bonchev–Trinajstić information content (AvgIpc) is 2.74. The van der Waals surface area contributed by atoms with Crippen LogP contribution in [0.4, 0.5) is 11.4 Å². The molecule has 0 unspecified atom stereocenters. The molecule has 2 rings (SSSR count). The second-order valence-corrected chi connectivity index (χ2v) is 6.50. The number of nitrogens with zero attached hydrogens (tertiary/aromatic N) is 3. The Hall–Kier alpha value is -3.75. The summed E-state index contributed by atoms with van der Waals surface area (Å²) in [4.78, 5) is 36.6. The third-order valence-electron chi connectivity index (χ3n) is 4.50. The van der Waals surface area contributed by atoms with Gasteiger partial charge >= 0.3 is 0 Å². The van der Waals surface area contributed by atoms with Crippen molar-refractivity contribution >= 4 is 29.4 Å². The first-order valence-electron chi connectivity index (χ1n) is 9.55. The Morgan fingerprint density at radius 1 is 1.13 bits per heavy atom. The number of carbonyl (C=O) groups excluding carboxylic acids is 2. The molecule has 0 aliphatic heterocycles. The SMILES string of the molecule is CCN(CC)c1ccc(/C=N\NC(=O)CNC(=O)c2ccc(C)c([N+](=O)[O-])c2)cc1. The van der Waals surface area contributed by atoms with E-state index in [4.69, 9.17) is 0 Å². The molecule has 0 spiro atoms. The molecule has 2 amide bonds. The van der Waals surface area contributed by atoms with Gasteiger partial charge in [-0.05, 0) is 44.5 Å². The maximum atomic E-state index is 12.1. The molecule has 30 heavy (non-hydrogen) atoms. The molecule has 0 radical (unpaired) electrons. The predicted octanol–water partition coefficient (Wildman–Crippen LogP) is 2.63. The first-order valence-corrected chi connectivity index (χ1v) is 9.55. The van der Waals surface area contributed by atoms with E-state index in [0.29, 0.717) is 5.56 Å². The van der Waals surface area contributed by atoms with Crippen LogP contribution in [0, 0.1) is 17.0 Å². The van der Waals surface area contributed by atoms with Crippen LogP contribution >= 0.6 is 0 Å². The predicted molar refractivity (Wildman–Crippen MR) is 116 cm³/mol. The van der Waals surface area contributed by atoms with E-state index in [2.05, 4.69) is 34.6 Å². The normalized spacial score (nSPS) is 10.6. The minimum Gasteiger partial charge on any atom is -0.372 e. The van der Waals surface area contributed by atoms with Crippen LogP contribution in [0.2, 0.25) is 0 Å². The molecule has 0 heterocycles. The number of amides is 2. The highest BCUT2D eigenvalue weighted by atomic mass is 16.6. The zero-order valence-corrected chi connectivity index (χ0v) is 17.2. The van der Waals surface area contributed by atoms with E-state index in [-0.39, 0.29) is 17.8 Å². The van der Waals surface area contributed by atoms with E-state index in [1.807, 2.05) is 24.3 Å². The van der Waals surface area contributed by atoms with E-state index < -0.39 is 16.7 Å². The van der Waals surface area contributed by atoms with Crippen LogP contribution in [0.3, 0.4) is 0 Å². The highest BCUT2D eigenvalue weighted by molar-refractivity contribution is 5.97. The lowest BCUT2D eigenvalue weighted by Gasteiger charge is -2.20. The topological polar surface area (TPSA) is 117 Å². The van der Waals surface area contributed by atoms with Gasteiger partial charge in [0.05, 0.1) is 17.7 Å². The highest BCUT2D eigenvalue weighted by Crippen LogP contribution is 2.19. The standard InChI is InChI=1S/C21H25N5O4/c1-4-25(5-2)18-10-7-16(8-11-18)13-23-24-20(27)14-22-21(28)17-9-6-15(3)19(12-17)26(29)30/h6-13H,4-5,14H2,1-3H3,(H,22,28)(H,24,27)/b23-13-. The first-order chi connectivity index (χ1) is 14.3. The maximum absolute atomic E-state index is 12.1. The number of carbonyl (C=O) groups is 2. The van der Waals surface area contributed by atoms with Gasteiger partial charge in [0.2, 0.25) is 0 Å². The summed E-state index contributed by atoms with van der Waals surface area (Å²) in [6.07, 6.45) is 1.51. The Balaban J connectivity index is 1.85. The van der Waals surface area contributed by atoms with Crippen molar-refractivity contribution in [2.24, 2.45) is 5.10 Å². The number of aryl methyl sites for hydroxylation is 1. The maximum Gasteiger partial charge on any atom is 0.273 e. The number of benzene rings is 2. The number of anilines is 1. The van der Waals surface area contributed by atoms with Gasteiger partial charge in [-0.25, -0.2) is 5.43 Å². The molecule has 9 nitrogen and oxygen atoms in total. The fourth-order valence-corrected chi connectivity index (χ4v) is 2.79. The van der Waals surface area contributed by atoms with Crippen molar-refractivity contribution in [1.82, 2.24) is 10.7 Å². The first kappa shape index (κ1) is 22.5. The largest absolute Gasteiger partial charge is 0.372 e. The summed E-state index contributed by atoms with van der Waals surface area (Å²) in [6, 6.07) is 11.9. The Morgan fingerprint density at radius 2 is 1.80 bits per heavy atom. The zero-order valence-electron chi connectivity index (χ0n) is 17.2. The Kier molecular flexibility index (Phi) is 8.04. The molecular formula is C21H25N5O4. The number of hydrogen-bond acceptors (Lipinski definition) is 6. The van der Waals surface area contributed by atoms with Gasteiger partial charge in [0, 0.05) is 36.0 Å². The number of nitro groups is 1. The summed E-state index contributed by atoms with van der Waals surface area (Å²) >= 11 is 0. The number of nitrogens with one attached hydrogen (secondary N) is 2. The number of nitro benzene ring substituents is 1. The van der Waals surface area contributed by atoms with Crippen molar-refractivity contribution in [3.63, 3.8) is 0 Å². The fraction of sp³-hybridized carbons (Fsp3) is 0.286. The molecule has 2 N–H and O–H groups in total. The molecule has 0 saturated carbocycles. The quantitative estimate of drug-likeness (QED) is 0.374. The van der Waals surface area contributed by atoms with Crippen LogP contribution in [0.15, 0.2) is 47.6 Å². The van der Waals surface area contributed by atoms with Crippen molar-refractivity contribution in [2.75, 3.05) is 24.5 Å². The zero-order chi connectivity index (χ0) is 22.1. The van der Waals surface area contributed by atoms with Gasteiger partial charge in [-0.1, -0.05) is 18.2 Å². The van der Waals surface area contributed by atoms with Gasteiger partial charge < -0.3 is 10.2 Å². The molecule has 0 aliphatic carbocycles. The molecule has 0 atom stereocenters. The lowest BCUT2D eigenvalue weighted by Crippen LogP contribution is -2.34. The molecule has 9 heteroatoms. The van der Waals surface area contributed by atoms with Crippen molar-refractivity contribution in [3.8, 4) is 0 Å². The summed E-state index contributed by atoms with van der Waals surface area (Å²) in [6.45, 7) is 7.30. The Bertz CT molecular complexity index is 937. The summed E-state index contributed by atoms with van der Waals surface area (Å²) < 4.78 is 0. The number of hydrazone groups is 1. The monoisotopic (exact) mass is 411 g/mol. The Labute approximate surface area is 174 Å². The van der Waals surface area contributed by atoms with Gasteiger partial charge in [0.25, 0.3) is 17.5 Å². The molecule has 0 aliphatic rings. The van der Waals surface area contributed by atoms with E-state index in [9.17, 15) is 19.7 Å². The summed E-state index contributed by atoms with van der Waals surface area (Å²) in [7, 11) is 0. The van der Waals surface area contributed by atoms with Gasteiger partial charge in [-0.3, -0.25) is 19.7 Å². The molecule has 0 saturated heterocycles. The van der Waals surface area contributed by atoms with Crippen LogP contribution in [0.25, 0.3) is 0 Å². The van der Waals surface area contributed by atoms with Crippen molar-refractivity contribution < 1.29 is 14.5 Å². The second-order valence-electron chi connectivity index (χ2n) is 6.50. The van der Waals surface area contributed by atoms with Gasteiger partial charge in [-0.15, -0.1) is 0 Å². The third-order valence-corrected chi connectivity index (χ3v) is 4.50. The summed E-state index contributed by atoms with van der Waals surface area (Å²) in [5, 5.41) is 17.3.